The van der Waals surface area contributed by atoms with E-state index in [2.05, 4.69) is 9.44 Å². The van der Waals surface area contributed by atoms with Gasteiger partial charge in [-0.25, -0.2) is 8.42 Å². The summed E-state index contributed by atoms with van der Waals surface area (Å²) in [5.74, 6) is 0. The molecule has 0 aliphatic rings. The number of hydrogen-bond acceptors (Lipinski definition) is 4. The van der Waals surface area contributed by atoms with Gasteiger partial charge in [-0.05, 0) is 72.8 Å². The Hall–Kier alpha value is -2.90. The molecule has 0 saturated heterocycles. The Morgan fingerprint density at radius 3 is 1.55 bits per heavy atom. The van der Waals surface area contributed by atoms with Gasteiger partial charge in [-0.1, -0.05) is 0 Å². The fourth-order valence-electron chi connectivity index (χ4n) is 2.59. The SMILES string of the molecule is O=S(=O)(Nc1ccc(C(F)(F)F)cc1)c1ccc(N[S+](O)c2ccc(C(F)(F)F)cc2)cc1. The number of alkyl halides is 6. The van der Waals surface area contributed by atoms with Crippen LogP contribution >= 0.6 is 0 Å². The van der Waals surface area contributed by atoms with Crippen molar-refractivity contribution in [2.24, 2.45) is 0 Å². The predicted octanol–water partition coefficient (Wildman–Crippen LogP) is 6.00. The maximum Gasteiger partial charge on any atom is 0.416 e. The molecule has 0 bridgehead atoms. The van der Waals surface area contributed by atoms with Gasteiger partial charge in [-0.15, -0.1) is 0 Å². The van der Waals surface area contributed by atoms with Crippen LogP contribution in [0.4, 0.5) is 37.7 Å². The largest absolute Gasteiger partial charge is 0.416 e. The number of anilines is 2. The minimum atomic E-state index is -4.55. The molecule has 33 heavy (non-hydrogen) atoms. The lowest BCUT2D eigenvalue weighted by molar-refractivity contribution is -0.138. The van der Waals surface area contributed by atoms with E-state index in [-0.39, 0.29) is 21.2 Å². The summed E-state index contributed by atoms with van der Waals surface area (Å²) in [7, 11) is -4.10. The monoisotopic (exact) mass is 509 g/mol. The number of halogens is 6. The van der Waals surface area contributed by atoms with Crippen molar-refractivity contribution in [3.8, 4) is 0 Å². The van der Waals surface area contributed by atoms with Gasteiger partial charge in [0.05, 0.1) is 21.7 Å². The minimum Gasteiger partial charge on any atom is -0.280 e. The van der Waals surface area contributed by atoms with E-state index in [1.165, 1.54) is 24.3 Å². The standard InChI is InChI=1S/C20H15F6N2O3S2/c21-19(22,23)13-1-5-16(6-2-13)28-33(30,31)18-11-7-15(8-12-18)27-32(29)17-9-3-14(4-10-17)20(24,25)26/h1-12,27-29H/q+1. The lowest BCUT2D eigenvalue weighted by Gasteiger charge is -2.11. The fourth-order valence-corrected chi connectivity index (χ4v) is 4.52. The van der Waals surface area contributed by atoms with E-state index in [4.69, 9.17) is 0 Å². The lowest BCUT2D eigenvalue weighted by atomic mass is 10.2. The van der Waals surface area contributed by atoms with Gasteiger partial charge >= 0.3 is 23.7 Å². The number of sulfonamides is 1. The Labute approximate surface area is 187 Å². The topological polar surface area (TPSA) is 78.4 Å². The van der Waals surface area contributed by atoms with Crippen LogP contribution < -0.4 is 9.44 Å². The first-order valence-electron chi connectivity index (χ1n) is 8.93. The molecule has 0 aliphatic heterocycles. The molecule has 176 valence electrons. The van der Waals surface area contributed by atoms with Crippen molar-refractivity contribution < 1.29 is 39.3 Å². The molecule has 0 heterocycles. The van der Waals surface area contributed by atoms with Crippen LogP contribution in [0.25, 0.3) is 0 Å². The smallest absolute Gasteiger partial charge is 0.280 e. The molecule has 3 rings (SSSR count). The normalized spacial score (nSPS) is 13.4. The molecule has 0 aliphatic carbocycles. The number of benzene rings is 3. The summed E-state index contributed by atoms with van der Waals surface area (Å²) in [6.07, 6.45) is -9.05. The van der Waals surface area contributed by atoms with Gasteiger partial charge in [0.2, 0.25) is 4.90 Å². The molecular formula is C20H15F6N2O3S2+. The maximum atomic E-state index is 12.6. The second-order valence-corrected chi connectivity index (χ2v) is 9.54. The molecule has 1 atom stereocenters. The number of nitrogens with one attached hydrogen (secondary N) is 2. The van der Waals surface area contributed by atoms with Crippen molar-refractivity contribution in [3.63, 3.8) is 0 Å². The molecule has 0 fully saturated rings. The van der Waals surface area contributed by atoms with Gasteiger partial charge < -0.3 is 0 Å². The van der Waals surface area contributed by atoms with Crippen LogP contribution in [0.2, 0.25) is 0 Å². The van der Waals surface area contributed by atoms with E-state index in [9.17, 15) is 39.3 Å². The third-order valence-corrected chi connectivity index (χ3v) is 6.79. The summed E-state index contributed by atoms with van der Waals surface area (Å²) in [4.78, 5) is -0.0102. The van der Waals surface area contributed by atoms with Crippen LogP contribution in [0, 0.1) is 0 Å². The maximum absolute atomic E-state index is 12.6. The van der Waals surface area contributed by atoms with Gasteiger partial charge in [0, 0.05) is 5.69 Å². The second kappa shape index (κ2) is 9.15. The van der Waals surface area contributed by atoms with Crippen molar-refractivity contribution in [3.05, 3.63) is 83.9 Å². The second-order valence-electron chi connectivity index (χ2n) is 6.61. The van der Waals surface area contributed by atoms with E-state index >= 15 is 0 Å². The summed E-state index contributed by atoms with van der Waals surface area (Å²) >= 11 is -1.66. The summed E-state index contributed by atoms with van der Waals surface area (Å²) < 4.78 is 116. The third-order valence-electron chi connectivity index (χ3n) is 4.25. The first kappa shape index (κ1) is 24.7. The number of hydrogen-bond donors (Lipinski definition) is 3. The molecule has 3 aromatic rings. The van der Waals surface area contributed by atoms with Crippen LogP contribution in [0.3, 0.4) is 0 Å². The number of rotatable bonds is 6. The van der Waals surface area contributed by atoms with Crippen LogP contribution in [0.5, 0.6) is 0 Å². The van der Waals surface area contributed by atoms with Crippen LogP contribution in [0.15, 0.2) is 82.6 Å². The zero-order chi connectivity index (χ0) is 24.4. The molecule has 3 N–H and O–H groups in total. The van der Waals surface area contributed by atoms with Crippen molar-refractivity contribution in [1.82, 2.24) is 0 Å². The Morgan fingerprint density at radius 1 is 0.667 bits per heavy atom. The Morgan fingerprint density at radius 2 is 1.09 bits per heavy atom. The molecule has 0 radical (unpaired) electrons. The highest BCUT2D eigenvalue weighted by atomic mass is 32.2. The highest BCUT2D eigenvalue weighted by Gasteiger charge is 2.32. The summed E-state index contributed by atoms with van der Waals surface area (Å²) in [6, 6.07) is 12.4. The van der Waals surface area contributed by atoms with Crippen LogP contribution in [0.1, 0.15) is 11.1 Å². The Bertz CT molecular complexity index is 1200. The first-order valence-corrected chi connectivity index (χ1v) is 11.6. The average Bonchev–Trinajstić information content (AvgIpc) is 2.73. The molecule has 1 unspecified atom stereocenters. The Balaban J connectivity index is 1.67. The van der Waals surface area contributed by atoms with E-state index in [1.807, 2.05) is 0 Å². The van der Waals surface area contributed by atoms with E-state index < -0.39 is 44.9 Å². The quantitative estimate of drug-likeness (QED) is 0.281. The average molecular weight is 509 g/mol. The molecule has 5 nitrogen and oxygen atoms in total. The van der Waals surface area contributed by atoms with Crippen LogP contribution in [-0.2, 0) is 33.7 Å². The zero-order valence-electron chi connectivity index (χ0n) is 16.3. The molecule has 0 saturated carbocycles. The fraction of sp³-hybridized carbons (Fsp3) is 0.100. The summed E-state index contributed by atoms with van der Waals surface area (Å²) in [6.45, 7) is 0. The highest BCUT2D eigenvalue weighted by molar-refractivity contribution is 7.93. The molecular weight excluding hydrogens is 494 g/mol. The molecule has 0 amide bonds. The van der Waals surface area contributed by atoms with Crippen molar-refractivity contribution in [2.45, 2.75) is 22.1 Å². The van der Waals surface area contributed by atoms with Gasteiger partial charge in [0.1, 0.15) is 0 Å². The van der Waals surface area contributed by atoms with Gasteiger partial charge in [-0.2, -0.15) is 35.6 Å². The Kier molecular flexibility index (Phi) is 6.86. The van der Waals surface area contributed by atoms with Crippen molar-refractivity contribution in [1.29, 1.82) is 0 Å². The van der Waals surface area contributed by atoms with E-state index in [0.717, 1.165) is 48.5 Å². The summed E-state index contributed by atoms with van der Waals surface area (Å²) in [5, 5.41) is 0. The molecule has 0 spiro atoms. The van der Waals surface area contributed by atoms with Gasteiger partial charge in [-0.3, -0.25) is 4.72 Å². The molecule has 3 aromatic carbocycles. The van der Waals surface area contributed by atoms with Gasteiger partial charge in [0.25, 0.3) is 10.0 Å². The summed E-state index contributed by atoms with van der Waals surface area (Å²) in [5.41, 5.74) is -1.56. The lowest BCUT2D eigenvalue weighted by Crippen LogP contribution is -2.15. The molecule has 0 aromatic heterocycles. The van der Waals surface area contributed by atoms with Gasteiger partial charge in [0.15, 0.2) is 0 Å². The van der Waals surface area contributed by atoms with Crippen molar-refractivity contribution >= 4 is 32.8 Å². The predicted molar refractivity (Wildman–Crippen MR) is 112 cm³/mol. The minimum absolute atomic E-state index is 0.0654. The third kappa shape index (κ3) is 6.33. The zero-order valence-corrected chi connectivity index (χ0v) is 17.9. The van der Waals surface area contributed by atoms with E-state index in [0.29, 0.717) is 0 Å². The van der Waals surface area contributed by atoms with Crippen LogP contribution in [-0.4, -0.2) is 13.0 Å². The highest BCUT2D eigenvalue weighted by Crippen LogP contribution is 2.31. The van der Waals surface area contributed by atoms with Crippen molar-refractivity contribution in [2.75, 3.05) is 9.44 Å². The first-order chi connectivity index (χ1) is 15.3. The van der Waals surface area contributed by atoms with E-state index in [1.54, 1.807) is 0 Å². The molecule has 13 heteroatoms.